The maximum absolute atomic E-state index is 12.1. The summed E-state index contributed by atoms with van der Waals surface area (Å²) in [5, 5.41) is 0.0595. The number of anilines is 1. The van der Waals surface area contributed by atoms with E-state index in [-0.39, 0.29) is 17.1 Å². The van der Waals surface area contributed by atoms with Crippen molar-refractivity contribution in [2.24, 2.45) is 0 Å². The highest BCUT2D eigenvalue weighted by Crippen LogP contribution is 2.43. The smallest absolute Gasteiger partial charge is 0.303 e. The highest BCUT2D eigenvalue weighted by Gasteiger charge is 2.50. The molecule has 42 heavy (non-hydrogen) atoms. The van der Waals surface area contributed by atoms with Gasteiger partial charge in [-0.2, -0.15) is 9.97 Å². The first kappa shape index (κ1) is 28.1. The molecule has 2 aliphatic heterocycles. The van der Waals surface area contributed by atoms with Crippen LogP contribution in [-0.4, -0.2) is 62.9 Å². The molecule has 218 valence electrons. The number of halogens is 1. The number of ether oxygens (including phenoxy) is 3. The first-order valence-electron chi connectivity index (χ1n) is 14.1. The second kappa shape index (κ2) is 11.7. The number of hydrogen-bond donors (Lipinski definition) is 0. The van der Waals surface area contributed by atoms with Gasteiger partial charge in [0.25, 0.3) is 0 Å². The van der Waals surface area contributed by atoms with Crippen molar-refractivity contribution in [3.8, 4) is 0 Å². The lowest BCUT2D eigenvalue weighted by molar-refractivity contribution is -0.165. The lowest BCUT2D eigenvalue weighted by atomic mass is 9.84. The van der Waals surface area contributed by atoms with Crippen LogP contribution in [0.2, 0.25) is 5.28 Å². The summed E-state index contributed by atoms with van der Waals surface area (Å²) in [5.41, 5.74) is 3.49. The second-order valence-corrected chi connectivity index (χ2v) is 11.0. The van der Waals surface area contributed by atoms with E-state index in [2.05, 4.69) is 63.4 Å². The summed E-state index contributed by atoms with van der Waals surface area (Å²) in [7, 11) is 0. The number of hydrogen-bond acceptors (Lipinski definition) is 9. The Morgan fingerprint density at radius 1 is 0.905 bits per heavy atom. The van der Waals surface area contributed by atoms with Crippen molar-refractivity contribution in [2.45, 2.75) is 63.6 Å². The van der Waals surface area contributed by atoms with Crippen molar-refractivity contribution in [1.29, 1.82) is 0 Å². The molecule has 4 aromatic rings. The minimum Gasteiger partial charge on any atom is -0.456 e. The number of aromatic nitrogens is 4. The van der Waals surface area contributed by atoms with Crippen molar-refractivity contribution in [1.82, 2.24) is 19.5 Å². The third-order valence-electron chi connectivity index (χ3n) is 8.02. The molecular formula is C31H32ClN5O5. The number of carbonyl (C=O) groups is 2. The van der Waals surface area contributed by atoms with Crippen molar-refractivity contribution >= 4 is 40.5 Å². The van der Waals surface area contributed by atoms with Crippen molar-refractivity contribution in [3.05, 3.63) is 83.4 Å². The van der Waals surface area contributed by atoms with E-state index in [1.165, 1.54) is 25.0 Å². The van der Waals surface area contributed by atoms with E-state index in [0.717, 1.165) is 0 Å². The minimum absolute atomic E-state index is 0.0595. The number of rotatable bonds is 7. The summed E-state index contributed by atoms with van der Waals surface area (Å²) in [6.07, 6.45) is -0.887. The lowest BCUT2D eigenvalue weighted by Crippen LogP contribution is -2.38. The average molecular weight is 590 g/mol. The van der Waals surface area contributed by atoms with Gasteiger partial charge in [0, 0.05) is 38.8 Å². The Balaban J connectivity index is 1.39. The van der Waals surface area contributed by atoms with Gasteiger partial charge < -0.3 is 19.1 Å². The Hall–Kier alpha value is -4.02. The fraction of sp³-hybridized carbons (Fsp3) is 0.387. The summed E-state index contributed by atoms with van der Waals surface area (Å²) in [5.74, 6) is 0.0597. The Bertz CT molecular complexity index is 1540. The topological polar surface area (TPSA) is 109 Å². The molecule has 0 radical (unpaired) electrons. The Morgan fingerprint density at radius 3 is 2.02 bits per heavy atom. The molecule has 0 saturated carbocycles. The quantitative estimate of drug-likeness (QED) is 0.216. The fourth-order valence-electron chi connectivity index (χ4n) is 6.25. The van der Waals surface area contributed by atoms with E-state index >= 15 is 0 Å². The van der Waals surface area contributed by atoms with Crippen LogP contribution in [0.1, 0.15) is 56.4 Å². The first-order valence-corrected chi connectivity index (χ1v) is 14.5. The standard InChI is InChI=1S/C31H32ClN5O5/c1-4-24-26(40-18(2)38)27(41-19(3)39)30(42-24)37-17-33-25-28(34-31(32)35-29(25)37)36-15-22(20-11-7-5-8-12-20)23(16-36)21-13-9-6-10-14-21/h5-14,17,22-24,26-27,30H,4,15-16H2,1-3H3/t22?,23?,24-,26+,27?,30-/m1/s1. The largest absolute Gasteiger partial charge is 0.456 e. The molecule has 0 N–H and O–H groups in total. The van der Waals surface area contributed by atoms with Crippen LogP contribution in [0.25, 0.3) is 11.2 Å². The van der Waals surface area contributed by atoms with Crippen LogP contribution in [-0.2, 0) is 23.8 Å². The predicted octanol–water partition coefficient (Wildman–Crippen LogP) is 5.04. The van der Waals surface area contributed by atoms with Gasteiger partial charge in [-0.3, -0.25) is 14.2 Å². The summed E-state index contributed by atoms with van der Waals surface area (Å²) in [6, 6.07) is 21.0. The van der Waals surface area contributed by atoms with Gasteiger partial charge >= 0.3 is 11.9 Å². The third-order valence-corrected chi connectivity index (χ3v) is 8.19. The summed E-state index contributed by atoms with van der Waals surface area (Å²) >= 11 is 6.53. The zero-order valence-corrected chi connectivity index (χ0v) is 24.3. The van der Waals surface area contributed by atoms with E-state index in [1.807, 2.05) is 19.1 Å². The number of esters is 2. The number of benzene rings is 2. The van der Waals surface area contributed by atoms with Gasteiger partial charge in [-0.1, -0.05) is 67.6 Å². The predicted molar refractivity (Wildman–Crippen MR) is 156 cm³/mol. The van der Waals surface area contributed by atoms with Gasteiger partial charge in [-0.05, 0) is 29.1 Å². The first-order chi connectivity index (χ1) is 20.3. The van der Waals surface area contributed by atoms with E-state index in [9.17, 15) is 9.59 Å². The monoisotopic (exact) mass is 589 g/mol. The Labute approximate surface area is 248 Å². The number of imidazole rings is 1. The van der Waals surface area contributed by atoms with E-state index in [1.54, 1.807) is 10.9 Å². The van der Waals surface area contributed by atoms with Gasteiger partial charge in [0.2, 0.25) is 5.28 Å². The molecule has 2 fully saturated rings. The zero-order valence-electron chi connectivity index (χ0n) is 23.6. The molecule has 0 aliphatic carbocycles. The number of carbonyl (C=O) groups excluding carboxylic acids is 2. The molecule has 6 atom stereocenters. The second-order valence-electron chi connectivity index (χ2n) is 10.7. The molecule has 3 unspecified atom stereocenters. The van der Waals surface area contributed by atoms with Gasteiger partial charge in [-0.15, -0.1) is 0 Å². The minimum atomic E-state index is -0.900. The van der Waals surface area contributed by atoms with Crippen molar-refractivity contribution < 1.29 is 23.8 Å². The highest BCUT2D eigenvalue weighted by atomic mass is 35.5. The summed E-state index contributed by atoms with van der Waals surface area (Å²) in [6.45, 7) is 5.96. The molecule has 2 aromatic carbocycles. The molecule has 0 bridgehead atoms. The molecule has 0 spiro atoms. The van der Waals surface area contributed by atoms with Crippen LogP contribution in [0, 0.1) is 0 Å². The van der Waals surface area contributed by atoms with Crippen LogP contribution in [0.3, 0.4) is 0 Å². The van der Waals surface area contributed by atoms with Crippen LogP contribution in [0.15, 0.2) is 67.0 Å². The normalized spacial score (nSPS) is 25.6. The van der Waals surface area contributed by atoms with Crippen LogP contribution in [0.4, 0.5) is 5.82 Å². The van der Waals surface area contributed by atoms with Crippen LogP contribution in [0.5, 0.6) is 0 Å². The summed E-state index contributed by atoms with van der Waals surface area (Å²) < 4.78 is 19.2. The van der Waals surface area contributed by atoms with Gasteiger partial charge in [0.05, 0.1) is 6.33 Å². The molecule has 11 heteroatoms. The lowest BCUT2D eigenvalue weighted by Gasteiger charge is -2.24. The van der Waals surface area contributed by atoms with Gasteiger partial charge in [0.15, 0.2) is 35.4 Å². The van der Waals surface area contributed by atoms with E-state index in [4.69, 9.17) is 30.8 Å². The van der Waals surface area contributed by atoms with Gasteiger partial charge in [0.1, 0.15) is 6.10 Å². The maximum atomic E-state index is 12.1. The molecule has 6 rings (SSSR count). The van der Waals surface area contributed by atoms with Crippen molar-refractivity contribution in [2.75, 3.05) is 18.0 Å². The van der Waals surface area contributed by atoms with Crippen LogP contribution >= 0.6 is 11.6 Å². The Morgan fingerprint density at radius 2 is 1.48 bits per heavy atom. The third kappa shape index (κ3) is 5.32. The molecule has 2 aliphatic rings. The van der Waals surface area contributed by atoms with Gasteiger partial charge in [-0.25, -0.2) is 4.98 Å². The Kier molecular flexibility index (Phi) is 7.83. The number of nitrogens with zero attached hydrogens (tertiary/aromatic N) is 5. The maximum Gasteiger partial charge on any atom is 0.303 e. The SMILES string of the molecule is CC[C@H]1O[C@@H](n2cnc3c(N4CC(c5ccccc5)C(c5ccccc5)C4)nc(Cl)nc32)C(OC(C)=O)[C@H]1OC(C)=O. The van der Waals surface area contributed by atoms with E-state index in [0.29, 0.717) is 36.5 Å². The number of fused-ring (bicyclic) bond motifs is 1. The molecule has 2 aromatic heterocycles. The molecule has 0 amide bonds. The average Bonchev–Trinajstić information content (AvgIpc) is 3.69. The van der Waals surface area contributed by atoms with Crippen molar-refractivity contribution in [3.63, 3.8) is 0 Å². The molecule has 4 heterocycles. The molecule has 2 saturated heterocycles. The molecular weight excluding hydrogens is 558 g/mol. The fourth-order valence-corrected chi connectivity index (χ4v) is 6.41. The molecule has 10 nitrogen and oxygen atoms in total. The zero-order chi connectivity index (χ0) is 29.4. The van der Waals surface area contributed by atoms with Crippen LogP contribution < -0.4 is 4.90 Å². The highest BCUT2D eigenvalue weighted by molar-refractivity contribution is 6.28. The van der Waals surface area contributed by atoms with E-state index < -0.39 is 36.5 Å². The summed E-state index contributed by atoms with van der Waals surface area (Å²) in [4.78, 5) is 40.1.